The lowest BCUT2D eigenvalue weighted by molar-refractivity contribution is -0.139. The van der Waals surface area contributed by atoms with Crippen LogP contribution in [0.4, 0.5) is 0 Å². The predicted octanol–water partition coefficient (Wildman–Crippen LogP) is 1.93. The number of pyridine rings is 1. The van der Waals surface area contributed by atoms with Crippen LogP contribution < -0.4 is 5.32 Å². The third-order valence-electron chi connectivity index (χ3n) is 4.30. The van der Waals surface area contributed by atoms with E-state index in [1.54, 1.807) is 4.52 Å². The zero-order valence-electron chi connectivity index (χ0n) is 12.7. The summed E-state index contributed by atoms with van der Waals surface area (Å²) in [5.74, 6) is -0.940. The Morgan fingerprint density at radius 3 is 2.77 bits per heavy atom. The third kappa shape index (κ3) is 2.68. The second-order valence-electron chi connectivity index (χ2n) is 6.00. The van der Waals surface area contributed by atoms with Crippen LogP contribution in [0.15, 0.2) is 18.3 Å². The van der Waals surface area contributed by atoms with E-state index in [4.69, 9.17) is 0 Å². The molecule has 2 aromatic heterocycles. The lowest BCUT2D eigenvalue weighted by atomic mass is 10.1. The maximum atomic E-state index is 12.4. The number of amides is 1. The largest absolute Gasteiger partial charge is 0.480 e. The maximum Gasteiger partial charge on any atom is 0.326 e. The number of carboxylic acids is 1. The Labute approximate surface area is 128 Å². The van der Waals surface area contributed by atoms with Gasteiger partial charge in [-0.15, -0.1) is 0 Å². The lowest BCUT2D eigenvalue weighted by Crippen LogP contribution is -2.41. The average Bonchev–Trinajstić information content (AvgIpc) is 3.18. The fraction of sp³-hybridized carbons (Fsp3) is 0.438. The summed E-state index contributed by atoms with van der Waals surface area (Å²) in [6.07, 6.45) is 4.09. The fourth-order valence-electron chi connectivity index (χ4n) is 2.60. The Bertz CT molecular complexity index is 746. The van der Waals surface area contributed by atoms with Gasteiger partial charge in [0, 0.05) is 5.69 Å². The van der Waals surface area contributed by atoms with Crippen molar-refractivity contribution in [3.05, 3.63) is 35.2 Å². The van der Waals surface area contributed by atoms with Crippen molar-refractivity contribution < 1.29 is 14.7 Å². The second kappa shape index (κ2) is 5.44. The molecule has 1 unspecified atom stereocenters. The molecule has 22 heavy (non-hydrogen) atoms. The summed E-state index contributed by atoms with van der Waals surface area (Å²) >= 11 is 0. The van der Waals surface area contributed by atoms with Crippen LogP contribution in [-0.2, 0) is 4.79 Å². The van der Waals surface area contributed by atoms with E-state index in [1.807, 2.05) is 26.0 Å². The van der Waals surface area contributed by atoms with E-state index in [9.17, 15) is 14.7 Å². The summed E-state index contributed by atoms with van der Waals surface area (Å²) in [4.78, 5) is 23.7. The zero-order valence-corrected chi connectivity index (χ0v) is 12.7. The smallest absolute Gasteiger partial charge is 0.326 e. The molecule has 1 aliphatic carbocycles. The van der Waals surface area contributed by atoms with Crippen molar-refractivity contribution in [3.8, 4) is 0 Å². The van der Waals surface area contributed by atoms with E-state index < -0.39 is 12.0 Å². The number of fused-ring (bicyclic) bond motifs is 1. The maximum absolute atomic E-state index is 12.4. The van der Waals surface area contributed by atoms with Crippen molar-refractivity contribution >= 4 is 17.4 Å². The minimum absolute atomic E-state index is 0.383. The average molecular weight is 301 g/mol. The topological polar surface area (TPSA) is 83.7 Å². The number of nitrogens with one attached hydrogen (secondary N) is 1. The summed E-state index contributed by atoms with van der Waals surface area (Å²) in [6.45, 7) is 3.91. The quantitative estimate of drug-likeness (QED) is 0.884. The van der Waals surface area contributed by atoms with Gasteiger partial charge in [-0.1, -0.05) is 18.9 Å². The molecule has 2 N–H and O–H groups in total. The highest BCUT2D eigenvalue weighted by atomic mass is 16.4. The molecule has 1 saturated carbocycles. The molecule has 0 saturated heterocycles. The van der Waals surface area contributed by atoms with Gasteiger partial charge in [0.25, 0.3) is 5.91 Å². The number of aliphatic carboxylic acids is 1. The van der Waals surface area contributed by atoms with Gasteiger partial charge in [0.2, 0.25) is 0 Å². The fourth-order valence-corrected chi connectivity index (χ4v) is 2.60. The van der Waals surface area contributed by atoms with Crippen LogP contribution in [0.3, 0.4) is 0 Å². The minimum Gasteiger partial charge on any atom is -0.480 e. The first-order valence-corrected chi connectivity index (χ1v) is 7.45. The number of aryl methyl sites for hydroxylation is 2. The van der Waals surface area contributed by atoms with E-state index in [2.05, 4.69) is 10.4 Å². The first-order valence-electron chi connectivity index (χ1n) is 7.45. The van der Waals surface area contributed by atoms with Gasteiger partial charge in [-0.2, -0.15) is 5.10 Å². The normalized spacial score (nSPS) is 15.7. The Morgan fingerprint density at radius 2 is 2.14 bits per heavy atom. The molecule has 6 heteroatoms. The van der Waals surface area contributed by atoms with Gasteiger partial charge in [-0.25, -0.2) is 9.31 Å². The molecule has 0 spiro atoms. The molecule has 1 fully saturated rings. The van der Waals surface area contributed by atoms with Crippen molar-refractivity contribution in [2.45, 2.75) is 39.2 Å². The van der Waals surface area contributed by atoms with Crippen molar-refractivity contribution in [2.75, 3.05) is 0 Å². The molecule has 1 amide bonds. The third-order valence-corrected chi connectivity index (χ3v) is 4.30. The van der Waals surface area contributed by atoms with E-state index in [1.165, 1.54) is 6.20 Å². The monoisotopic (exact) mass is 301 g/mol. The van der Waals surface area contributed by atoms with Crippen LogP contribution in [0.25, 0.3) is 5.52 Å². The summed E-state index contributed by atoms with van der Waals surface area (Å²) < 4.78 is 1.71. The highest BCUT2D eigenvalue weighted by Gasteiger charge is 2.30. The SMILES string of the molecule is Cc1ccc2c(C(=O)NC(CC3CC3)C(=O)O)cnn2c1C. The van der Waals surface area contributed by atoms with Crippen LogP contribution >= 0.6 is 0 Å². The number of carbonyl (C=O) groups is 2. The van der Waals surface area contributed by atoms with Gasteiger partial charge in [0.15, 0.2) is 0 Å². The molecular formula is C16H19N3O3. The number of hydrogen-bond donors (Lipinski definition) is 2. The second-order valence-corrected chi connectivity index (χ2v) is 6.00. The molecule has 0 radical (unpaired) electrons. The Balaban J connectivity index is 1.85. The van der Waals surface area contributed by atoms with Crippen LogP contribution in [0.1, 0.15) is 40.9 Å². The molecule has 0 bridgehead atoms. The lowest BCUT2D eigenvalue weighted by Gasteiger charge is -2.13. The molecular weight excluding hydrogens is 282 g/mol. The number of rotatable bonds is 5. The summed E-state index contributed by atoms with van der Waals surface area (Å²) in [5, 5.41) is 16.1. The standard InChI is InChI=1S/C16H19N3O3/c1-9-3-6-14-12(8-17-19(14)10(9)2)15(20)18-13(16(21)22)7-11-4-5-11/h3,6,8,11,13H,4-5,7H2,1-2H3,(H,18,20)(H,21,22). The van der Waals surface area contributed by atoms with Crippen molar-refractivity contribution in [1.29, 1.82) is 0 Å². The predicted molar refractivity (Wildman–Crippen MR) is 80.9 cm³/mol. The van der Waals surface area contributed by atoms with E-state index in [0.29, 0.717) is 23.4 Å². The van der Waals surface area contributed by atoms with Gasteiger partial charge in [-0.3, -0.25) is 4.79 Å². The van der Waals surface area contributed by atoms with Gasteiger partial charge in [0.1, 0.15) is 6.04 Å². The highest BCUT2D eigenvalue weighted by molar-refractivity contribution is 6.02. The molecule has 1 atom stereocenters. The van der Waals surface area contributed by atoms with E-state index in [-0.39, 0.29) is 5.91 Å². The van der Waals surface area contributed by atoms with E-state index >= 15 is 0 Å². The van der Waals surface area contributed by atoms with Crippen LogP contribution in [0.5, 0.6) is 0 Å². The van der Waals surface area contributed by atoms with Gasteiger partial charge in [0.05, 0.1) is 17.3 Å². The zero-order chi connectivity index (χ0) is 15.9. The number of hydrogen-bond acceptors (Lipinski definition) is 3. The summed E-state index contributed by atoms with van der Waals surface area (Å²) in [5.41, 5.74) is 3.14. The van der Waals surface area contributed by atoms with Crippen LogP contribution in [0.2, 0.25) is 0 Å². The Hall–Kier alpha value is -2.37. The number of carboxylic acid groups (broad SMARTS) is 1. The molecule has 2 heterocycles. The number of nitrogens with zero attached hydrogens (tertiary/aromatic N) is 2. The molecule has 1 aliphatic rings. The van der Waals surface area contributed by atoms with E-state index in [0.717, 1.165) is 24.1 Å². The van der Waals surface area contributed by atoms with Crippen molar-refractivity contribution in [1.82, 2.24) is 14.9 Å². The molecule has 0 aliphatic heterocycles. The number of carbonyl (C=O) groups excluding carboxylic acids is 1. The van der Waals surface area contributed by atoms with Gasteiger partial charge < -0.3 is 10.4 Å². The molecule has 116 valence electrons. The highest BCUT2D eigenvalue weighted by Crippen LogP contribution is 2.33. The van der Waals surface area contributed by atoms with Gasteiger partial charge >= 0.3 is 5.97 Å². The molecule has 2 aromatic rings. The molecule has 6 nitrogen and oxygen atoms in total. The Kier molecular flexibility index (Phi) is 3.60. The molecule has 3 rings (SSSR count). The first-order chi connectivity index (χ1) is 10.5. The number of aromatic nitrogens is 2. The summed E-state index contributed by atoms with van der Waals surface area (Å²) in [6, 6.07) is 2.93. The Morgan fingerprint density at radius 1 is 1.41 bits per heavy atom. The van der Waals surface area contributed by atoms with Crippen molar-refractivity contribution in [2.24, 2.45) is 5.92 Å². The van der Waals surface area contributed by atoms with Crippen LogP contribution in [-0.4, -0.2) is 32.6 Å². The molecule has 0 aromatic carbocycles. The summed E-state index contributed by atoms with van der Waals surface area (Å²) in [7, 11) is 0. The van der Waals surface area contributed by atoms with Gasteiger partial charge in [-0.05, 0) is 37.8 Å². The van der Waals surface area contributed by atoms with Crippen molar-refractivity contribution in [3.63, 3.8) is 0 Å². The first kappa shape index (κ1) is 14.6. The van der Waals surface area contributed by atoms with Crippen LogP contribution in [0, 0.1) is 19.8 Å². The minimum atomic E-state index is -0.983.